The van der Waals surface area contributed by atoms with Gasteiger partial charge in [0.1, 0.15) is 11.3 Å². The SMILES string of the molecule is COc1ccc2oc(=O)c(S(=O)(=O)N3CCCCCC3)cc2c1. The summed E-state index contributed by atoms with van der Waals surface area (Å²) in [5.41, 5.74) is -0.488. The second kappa shape index (κ2) is 6.33. The van der Waals surface area contributed by atoms with Crippen molar-refractivity contribution in [2.45, 2.75) is 30.6 Å². The van der Waals surface area contributed by atoms with Gasteiger partial charge in [-0.05, 0) is 37.1 Å². The van der Waals surface area contributed by atoms with E-state index >= 15 is 0 Å². The summed E-state index contributed by atoms with van der Waals surface area (Å²) < 4.78 is 37.3. The molecule has 124 valence electrons. The summed E-state index contributed by atoms with van der Waals surface area (Å²) in [7, 11) is -2.32. The zero-order valence-corrected chi connectivity index (χ0v) is 13.8. The van der Waals surface area contributed by atoms with Crippen molar-refractivity contribution >= 4 is 21.0 Å². The van der Waals surface area contributed by atoms with Gasteiger partial charge >= 0.3 is 5.63 Å². The molecule has 1 fully saturated rings. The van der Waals surface area contributed by atoms with E-state index in [0.717, 1.165) is 25.7 Å². The molecule has 0 bridgehead atoms. The number of benzene rings is 1. The molecular formula is C16H19NO5S. The number of nitrogens with zero attached hydrogens (tertiary/aromatic N) is 1. The fourth-order valence-corrected chi connectivity index (χ4v) is 4.36. The van der Waals surface area contributed by atoms with E-state index in [9.17, 15) is 13.2 Å². The minimum absolute atomic E-state index is 0.305. The quantitative estimate of drug-likeness (QED) is 0.804. The lowest BCUT2D eigenvalue weighted by molar-refractivity contribution is 0.414. The van der Waals surface area contributed by atoms with Gasteiger partial charge in [0, 0.05) is 18.5 Å². The number of methoxy groups -OCH3 is 1. The molecule has 0 radical (unpaired) electrons. The third kappa shape index (κ3) is 3.11. The summed E-state index contributed by atoms with van der Waals surface area (Å²) in [5.74, 6) is 0.574. The van der Waals surface area contributed by atoms with E-state index in [2.05, 4.69) is 0 Å². The van der Waals surface area contributed by atoms with Crippen LogP contribution in [0.5, 0.6) is 5.75 Å². The Bertz CT molecular complexity index is 864. The molecule has 7 heteroatoms. The molecule has 6 nitrogen and oxygen atoms in total. The van der Waals surface area contributed by atoms with Crippen LogP contribution in [0, 0.1) is 0 Å². The predicted molar refractivity (Wildman–Crippen MR) is 86.3 cm³/mol. The zero-order valence-electron chi connectivity index (χ0n) is 12.9. The Labute approximate surface area is 134 Å². The van der Waals surface area contributed by atoms with Crippen molar-refractivity contribution in [1.29, 1.82) is 0 Å². The van der Waals surface area contributed by atoms with Crippen LogP contribution in [0.3, 0.4) is 0 Å². The highest BCUT2D eigenvalue weighted by Crippen LogP contribution is 2.24. The van der Waals surface area contributed by atoms with E-state index in [1.54, 1.807) is 18.2 Å². The Kier molecular flexibility index (Phi) is 4.41. The number of ether oxygens (including phenoxy) is 1. The van der Waals surface area contributed by atoms with Gasteiger partial charge in [-0.2, -0.15) is 4.31 Å². The van der Waals surface area contributed by atoms with Gasteiger partial charge in [0.25, 0.3) is 0 Å². The monoisotopic (exact) mass is 337 g/mol. The first-order valence-corrected chi connectivity index (χ1v) is 9.08. The van der Waals surface area contributed by atoms with Crippen molar-refractivity contribution in [2.75, 3.05) is 20.2 Å². The molecule has 2 heterocycles. The van der Waals surface area contributed by atoms with E-state index in [0.29, 0.717) is 29.8 Å². The highest BCUT2D eigenvalue weighted by molar-refractivity contribution is 7.89. The average Bonchev–Trinajstić information content (AvgIpc) is 2.83. The Balaban J connectivity index is 2.10. The molecule has 0 unspecified atom stereocenters. The summed E-state index contributed by atoms with van der Waals surface area (Å²) in [4.78, 5) is 11.9. The van der Waals surface area contributed by atoms with Crippen molar-refractivity contribution in [3.63, 3.8) is 0 Å². The molecule has 0 N–H and O–H groups in total. The van der Waals surface area contributed by atoms with Crippen molar-refractivity contribution in [3.05, 3.63) is 34.7 Å². The van der Waals surface area contributed by atoms with Gasteiger partial charge in [0.2, 0.25) is 10.0 Å². The Morgan fingerprint density at radius 1 is 1.09 bits per heavy atom. The normalized spacial score (nSPS) is 17.1. The molecule has 0 amide bonds. The zero-order chi connectivity index (χ0) is 16.4. The minimum atomic E-state index is -3.84. The summed E-state index contributed by atoms with van der Waals surface area (Å²) in [5, 5.41) is 0.525. The van der Waals surface area contributed by atoms with Crippen molar-refractivity contribution in [2.24, 2.45) is 0 Å². The first kappa shape index (κ1) is 16.0. The first-order valence-electron chi connectivity index (χ1n) is 7.64. The van der Waals surface area contributed by atoms with Crippen LogP contribution in [0.25, 0.3) is 11.0 Å². The Morgan fingerprint density at radius 3 is 2.43 bits per heavy atom. The smallest absolute Gasteiger partial charge is 0.356 e. The van der Waals surface area contributed by atoms with E-state index in [4.69, 9.17) is 9.15 Å². The fourth-order valence-electron chi connectivity index (χ4n) is 2.81. The summed E-state index contributed by atoms with van der Waals surface area (Å²) in [6.07, 6.45) is 3.64. The molecule has 1 aliphatic heterocycles. The fraction of sp³-hybridized carbons (Fsp3) is 0.438. The Hall–Kier alpha value is -1.86. The molecule has 1 aliphatic rings. The van der Waals surface area contributed by atoms with Crippen LogP contribution >= 0.6 is 0 Å². The minimum Gasteiger partial charge on any atom is -0.497 e. The van der Waals surface area contributed by atoms with Gasteiger partial charge < -0.3 is 9.15 Å². The van der Waals surface area contributed by atoms with Crippen molar-refractivity contribution in [1.82, 2.24) is 4.31 Å². The maximum Gasteiger partial charge on any atom is 0.356 e. The molecule has 1 saturated heterocycles. The largest absolute Gasteiger partial charge is 0.497 e. The summed E-state index contributed by atoms with van der Waals surface area (Å²) in [6.45, 7) is 0.885. The maximum absolute atomic E-state index is 12.8. The van der Waals surface area contributed by atoms with E-state index in [1.165, 1.54) is 17.5 Å². The van der Waals surface area contributed by atoms with Crippen LogP contribution in [0.2, 0.25) is 0 Å². The van der Waals surface area contributed by atoms with Crippen LogP contribution in [0.1, 0.15) is 25.7 Å². The number of hydrogen-bond donors (Lipinski definition) is 0. The third-order valence-electron chi connectivity index (χ3n) is 4.09. The molecule has 1 aromatic heterocycles. The van der Waals surface area contributed by atoms with E-state index in [1.807, 2.05) is 0 Å². The highest BCUT2D eigenvalue weighted by atomic mass is 32.2. The highest BCUT2D eigenvalue weighted by Gasteiger charge is 2.29. The number of sulfonamides is 1. The van der Waals surface area contributed by atoms with Gasteiger partial charge in [0.15, 0.2) is 4.90 Å². The lowest BCUT2D eigenvalue weighted by Crippen LogP contribution is -2.34. The number of hydrogen-bond acceptors (Lipinski definition) is 5. The van der Waals surface area contributed by atoms with Crippen LogP contribution in [0.4, 0.5) is 0 Å². The molecule has 0 saturated carbocycles. The molecule has 3 rings (SSSR count). The first-order chi connectivity index (χ1) is 11.0. The standard InChI is InChI=1S/C16H19NO5S/c1-21-13-6-7-14-12(10-13)11-15(16(18)22-14)23(19,20)17-8-4-2-3-5-9-17/h6-7,10-11H,2-5,8-9H2,1H3. The lowest BCUT2D eigenvalue weighted by Gasteiger charge is -2.19. The second-order valence-electron chi connectivity index (χ2n) is 5.62. The van der Waals surface area contributed by atoms with Crippen LogP contribution in [-0.2, 0) is 10.0 Å². The predicted octanol–water partition coefficient (Wildman–Crippen LogP) is 2.37. The van der Waals surface area contributed by atoms with Crippen molar-refractivity contribution in [3.8, 4) is 5.75 Å². The van der Waals surface area contributed by atoms with E-state index < -0.39 is 15.6 Å². The molecule has 0 atom stereocenters. The van der Waals surface area contributed by atoms with Crippen molar-refractivity contribution < 1.29 is 17.6 Å². The topological polar surface area (TPSA) is 76.8 Å². The maximum atomic E-state index is 12.8. The van der Waals surface area contributed by atoms with Gasteiger partial charge in [-0.1, -0.05) is 12.8 Å². The molecule has 0 spiro atoms. The van der Waals surface area contributed by atoms with Crippen LogP contribution < -0.4 is 10.4 Å². The molecule has 1 aromatic carbocycles. The molecule has 2 aromatic rings. The van der Waals surface area contributed by atoms with Crippen LogP contribution in [-0.4, -0.2) is 32.9 Å². The van der Waals surface area contributed by atoms with Gasteiger partial charge in [0.05, 0.1) is 7.11 Å². The van der Waals surface area contributed by atoms with Crippen LogP contribution in [0.15, 0.2) is 38.4 Å². The van der Waals surface area contributed by atoms with Gasteiger partial charge in [-0.3, -0.25) is 0 Å². The second-order valence-corrected chi connectivity index (χ2v) is 7.53. The Morgan fingerprint density at radius 2 is 1.78 bits per heavy atom. The lowest BCUT2D eigenvalue weighted by atomic mass is 10.2. The summed E-state index contributed by atoms with van der Waals surface area (Å²) >= 11 is 0. The number of rotatable bonds is 3. The number of fused-ring (bicyclic) bond motifs is 1. The third-order valence-corrected chi connectivity index (χ3v) is 5.98. The average molecular weight is 337 g/mol. The summed E-state index contributed by atoms with van der Waals surface area (Å²) in [6, 6.07) is 6.29. The van der Waals surface area contributed by atoms with E-state index in [-0.39, 0.29) is 4.90 Å². The molecule has 0 aliphatic carbocycles. The van der Waals surface area contributed by atoms with Gasteiger partial charge in [-0.15, -0.1) is 0 Å². The molecule has 23 heavy (non-hydrogen) atoms. The van der Waals surface area contributed by atoms with Gasteiger partial charge in [-0.25, -0.2) is 13.2 Å². The molecular weight excluding hydrogens is 318 g/mol.